The molecule has 0 saturated heterocycles. The Morgan fingerprint density at radius 1 is 1.24 bits per heavy atom. The third kappa shape index (κ3) is 4.38. The lowest BCUT2D eigenvalue weighted by Gasteiger charge is -2.04. The first-order valence-corrected chi connectivity index (χ1v) is 6.52. The Morgan fingerprint density at radius 3 is 2.53 bits per heavy atom. The summed E-state index contributed by atoms with van der Waals surface area (Å²) in [4.78, 5) is 0. The molecule has 0 saturated carbocycles. The zero-order valence-corrected chi connectivity index (χ0v) is 11.3. The van der Waals surface area contributed by atoms with Gasteiger partial charge in [-0.05, 0) is 13.3 Å². The average molecular weight is 239 g/mol. The standard InChI is InChI=1S/C13H25N3O/c1-4-5-6-7-8-9-17-10-12-11(2)15-16(3)13(12)14/h4-10,14H2,1-3H3. The highest BCUT2D eigenvalue weighted by molar-refractivity contribution is 5.42. The van der Waals surface area contributed by atoms with Gasteiger partial charge in [0.1, 0.15) is 5.82 Å². The Kier molecular flexibility index (Phi) is 6.05. The van der Waals surface area contributed by atoms with Gasteiger partial charge in [0.05, 0.1) is 12.3 Å². The molecule has 4 heteroatoms. The Bertz CT molecular complexity index is 334. The molecule has 0 aliphatic carbocycles. The SMILES string of the molecule is CCCCCCCOCc1c(C)nn(C)c1N. The second kappa shape index (κ2) is 7.33. The second-order valence-corrected chi connectivity index (χ2v) is 4.54. The Balaban J connectivity index is 2.18. The molecule has 0 atom stereocenters. The molecule has 0 aliphatic rings. The fourth-order valence-corrected chi connectivity index (χ4v) is 1.88. The summed E-state index contributed by atoms with van der Waals surface area (Å²) < 4.78 is 7.35. The molecule has 2 N–H and O–H groups in total. The largest absolute Gasteiger partial charge is 0.384 e. The van der Waals surface area contributed by atoms with Gasteiger partial charge in [0.25, 0.3) is 0 Å². The molecular weight excluding hydrogens is 214 g/mol. The monoisotopic (exact) mass is 239 g/mol. The molecule has 0 aliphatic heterocycles. The molecule has 0 radical (unpaired) electrons. The summed E-state index contributed by atoms with van der Waals surface area (Å²) in [6, 6.07) is 0. The van der Waals surface area contributed by atoms with Crippen LogP contribution in [0.15, 0.2) is 0 Å². The fraction of sp³-hybridized carbons (Fsp3) is 0.769. The van der Waals surface area contributed by atoms with Gasteiger partial charge in [-0.15, -0.1) is 0 Å². The fourth-order valence-electron chi connectivity index (χ4n) is 1.88. The first-order valence-electron chi connectivity index (χ1n) is 6.52. The first-order chi connectivity index (χ1) is 8.16. The van der Waals surface area contributed by atoms with Crippen molar-refractivity contribution in [3.63, 3.8) is 0 Å². The molecule has 0 fully saturated rings. The van der Waals surface area contributed by atoms with Crippen molar-refractivity contribution in [3.8, 4) is 0 Å². The topological polar surface area (TPSA) is 53.1 Å². The number of nitrogens with zero attached hydrogens (tertiary/aromatic N) is 2. The summed E-state index contributed by atoms with van der Waals surface area (Å²) in [6.45, 7) is 5.59. The van der Waals surface area contributed by atoms with Gasteiger partial charge in [0, 0.05) is 19.2 Å². The van der Waals surface area contributed by atoms with Crippen LogP contribution in [0.1, 0.15) is 50.3 Å². The lowest BCUT2D eigenvalue weighted by atomic mass is 10.2. The zero-order chi connectivity index (χ0) is 12.7. The van der Waals surface area contributed by atoms with Crippen molar-refractivity contribution in [1.82, 2.24) is 9.78 Å². The molecule has 98 valence electrons. The van der Waals surface area contributed by atoms with Crippen LogP contribution in [-0.4, -0.2) is 16.4 Å². The summed E-state index contributed by atoms with van der Waals surface area (Å²) >= 11 is 0. The lowest BCUT2D eigenvalue weighted by molar-refractivity contribution is 0.116. The molecule has 0 amide bonds. The smallest absolute Gasteiger partial charge is 0.127 e. The minimum absolute atomic E-state index is 0.583. The number of hydrogen-bond acceptors (Lipinski definition) is 3. The van der Waals surface area contributed by atoms with Crippen LogP contribution in [0.3, 0.4) is 0 Å². The van der Waals surface area contributed by atoms with Crippen molar-refractivity contribution in [3.05, 3.63) is 11.3 Å². The minimum atomic E-state index is 0.583. The molecule has 0 unspecified atom stereocenters. The zero-order valence-electron chi connectivity index (χ0n) is 11.3. The maximum absolute atomic E-state index is 5.90. The molecule has 0 spiro atoms. The molecule has 17 heavy (non-hydrogen) atoms. The van der Waals surface area contributed by atoms with Crippen LogP contribution < -0.4 is 5.73 Å². The number of rotatable bonds is 8. The van der Waals surface area contributed by atoms with Crippen LogP contribution in [0.25, 0.3) is 0 Å². The summed E-state index contributed by atoms with van der Waals surface area (Å²) in [5.41, 5.74) is 7.90. The summed E-state index contributed by atoms with van der Waals surface area (Å²) in [6.07, 6.45) is 6.32. The van der Waals surface area contributed by atoms with Crippen molar-refractivity contribution in [1.29, 1.82) is 0 Å². The van der Waals surface area contributed by atoms with Crippen molar-refractivity contribution in [2.45, 2.75) is 52.6 Å². The highest BCUT2D eigenvalue weighted by Gasteiger charge is 2.09. The van der Waals surface area contributed by atoms with Gasteiger partial charge in [-0.2, -0.15) is 5.10 Å². The molecule has 0 bridgehead atoms. The van der Waals surface area contributed by atoms with E-state index in [1.807, 2.05) is 14.0 Å². The highest BCUT2D eigenvalue weighted by atomic mass is 16.5. The van der Waals surface area contributed by atoms with Crippen LogP contribution in [0.4, 0.5) is 5.82 Å². The van der Waals surface area contributed by atoms with Gasteiger partial charge in [-0.25, -0.2) is 0 Å². The maximum Gasteiger partial charge on any atom is 0.127 e. The van der Waals surface area contributed by atoms with E-state index in [2.05, 4.69) is 12.0 Å². The predicted molar refractivity (Wildman–Crippen MR) is 70.8 cm³/mol. The van der Waals surface area contributed by atoms with Crippen LogP contribution in [0.5, 0.6) is 0 Å². The van der Waals surface area contributed by atoms with E-state index >= 15 is 0 Å². The van der Waals surface area contributed by atoms with E-state index in [0.29, 0.717) is 12.4 Å². The van der Waals surface area contributed by atoms with Gasteiger partial charge in [0.15, 0.2) is 0 Å². The van der Waals surface area contributed by atoms with E-state index in [4.69, 9.17) is 10.5 Å². The van der Waals surface area contributed by atoms with Gasteiger partial charge in [-0.3, -0.25) is 4.68 Å². The van der Waals surface area contributed by atoms with Gasteiger partial charge >= 0.3 is 0 Å². The van der Waals surface area contributed by atoms with Crippen LogP contribution in [0.2, 0.25) is 0 Å². The van der Waals surface area contributed by atoms with Crippen LogP contribution in [0, 0.1) is 6.92 Å². The molecular formula is C13H25N3O. The Morgan fingerprint density at radius 2 is 1.94 bits per heavy atom. The highest BCUT2D eigenvalue weighted by Crippen LogP contribution is 2.16. The third-order valence-corrected chi connectivity index (χ3v) is 3.03. The van der Waals surface area contributed by atoms with Gasteiger partial charge in [0.2, 0.25) is 0 Å². The summed E-state index contributed by atoms with van der Waals surface area (Å²) in [7, 11) is 1.86. The average Bonchev–Trinajstić information content (AvgIpc) is 2.54. The lowest BCUT2D eigenvalue weighted by Crippen LogP contribution is -2.02. The number of ether oxygens (including phenoxy) is 1. The maximum atomic E-state index is 5.90. The van der Waals surface area contributed by atoms with Crippen molar-refractivity contribution in [2.24, 2.45) is 7.05 Å². The van der Waals surface area contributed by atoms with Crippen molar-refractivity contribution in [2.75, 3.05) is 12.3 Å². The number of aromatic nitrogens is 2. The molecule has 1 heterocycles. The van der Waals surface area contributed by atoms with E-state index in [0.717, 1.165) is 24.3 Å². The molecule has 1 aromatic rings. The van der Waals surface area contributed by atoms with E-state index < -0.39 is 0 Å². The summed E-state index contributed by atoms with van der Waals surface area (Å²) in [5, 5.41) is 4.26. The van der Waals surface area contributed by atoms with Crippen LogP contribution in [-0.2, 0) is 18.4 Å². The quantitative estimate of drug-likeness (QED) is 0.710. The number of nitrogens with two attached hydrogens (primary N) is 1. The number of anilines is 1. The number of aryl methyl sites for hydroxylation is 2. The van der Waals surface area contributed by atoms with Crippen LogP contribution >= 0.6 is 0 Å². The third-order valence-electron chi connectivity index (χ3n) is 3.03. The number of unbranched alkanes of at least 4 members (excludes halogenated alkanes) is 4. The predicted octanol–water partition coefficient (Wildman–Crippen LogP) is 2.80. The van der Waals surface area contributed by atoms with Gasteiger partial charge in [-0.1, -0.05) is 32.6 Å². The molecule has 4 nitrogen and oxygen atoms in total. The first kappa shape index (κ1) is 14.0. The molecule has 0 aromatic carbocycles. The van der Waals surface area contributed by atoms with E-state index in [1.54, 1.807) is 4.68 Å². The molecule has 1 rings (SSSR count). The Labute approximate surface area is 104 Å². The van der Waals surface area contributed by atoms with Gasteiger partial charge < -0.3 is 10.5 Å². The van der Waals surface area contributed by atoms with Crippen molar-refractivity contribution >= 4 is 5.82 Å². The number of hydrogen-bond donors (Lipinski definition) is 1. The molecule has 1 aromatic heterocycles. The minimum Gasteiger partial charge on any atom is -0.384 e. The van der Waals surface area contributed by atoms with E-state index in [9.17, 15) is 0 Å². The summed E-state index contributed by atoms with van der Waals surface area (Å²) in [5.74, 6) is 0.716. The normalized spacial score (nSPS) is 11.0. The number of nitrogen functional groups attached to an aromatic ring is 1. The Hall–Kier alpha value is -1.03. The van der Waals surface area contributed by atoms with Crippen molar-refractivity contribution < 1.29 is 4.74 Å². The van der Waals surface area contributed by atoms with E-state index in [-0.39, 0.29) is 0 Å². The van der Waals surface area contributed by atoms with E-state index in [1.165, 1.54) is 25.7 Å². The second-order valence-electron chi connectivity index (χ2n) is 4.54.